The average Bonchev–Trinajstić information content (AvgIpc) is 2.79. The minimum atomic E-state index is -1.72. The lowest BCUT2D eigenvalue weighted by molar-refractivity contribution is 0.101. The highest BCUT2D eigenvalue weighted by Crippen LogP contribution is 2.23. The molecule has 3 aromatic carbocycles. The Labute approximate surface area is 180 Å². The number of rotatable bonds is 4. The molecule has 0 aliphatic heterocycles. The van der Waals surface area contributed by atoms with Gasteiger partial charge in [0.05, 0.1) is 11.1 Å². The highest BCUT2D eigenvalue weighted by molar-refractivity contribution is 6.08. The van der Waals surface area contributed by atoms with Gasteiger partial charge in [-0.15, -0.1) is 0 Å². The Balaban J connectivity index is 1.55. The number of fused-ring (bicyclic) bond motifs is 1. The third kappa shape index (κ3) is 4.15. The minimum Gasteiger partial charge on any atom is -0.322 e. The summed E-state index contributed by atoms with van der Waals surface area (Å²) in [6.07, 6.45) is 1.66. The highest BCUT2D eigenvalue weighted by atomic mass is 19.2. The molecule has 0 spiro atoms. The van der Waals surface area contributed by atoms with Gasteiger partial charge in [0, 0.05) is 28.5 Å². The van der Waals surface area contributed by atoms with E-state index in [4.69, 9.17) is 0 Å². The molecule has 0 aliphatic rings. The maximum absolute atomic E-state index is 13.9. The van der Waals surface area contributed by atoms with Gasteiger partial charge >= 0.3 is 0 Å². The predicted molar refractivity (Wildman–Crippen MR) is 115 cm³/mol. The number of anilines is 2. The fourth-order valence-electron chi connectivity index (χ4n) is 3.15. The molecular weight excluding hydrogens is 419 g/mol. The topological polar surface area (TPSA) is 71.1 Å². The van der Waals surface area contributed by atoms with Gasteiger partial charge in [0.25, 0.3) is 11.8 Å². The lowest BCUT2D eigenvalue weighted by Crippen LogP contribution is -2.16. The fraction of sp³-hybridized carbons (Fsp3) is 0.0417. The highest BCUT2D eigenvalue weighted by Gasteiger charge is 2.19. The first-order valence-corrected chi connectivity index (χ1v) is 9.55. The van der Waals surface area contributed by atoms with E-state index in [9.17, 15) is 22.8 Å². The molecular formula is C24H16F3N3O2. The summed E-state index contributed by atoms with van der Waals surface area (Å²) < 4.78 is 40.4. The summed E-state index contributed by atoms with van der Waals surface area (Å²) in [5.74, 6) is -6.00. The third-order valence-electron chi connectivity index (χ3n) is 4.89. The van der Waals surface area contributed by atoms with Crippen LogP contribution in [0.25, 0.3) is 10.9 Å². The molecule has 0 atom stereocenters. The van der Waals surface area contributed by atoms with E-state index < -0.39 is 28.9 Å². The van der Waals surface area contributed by atoms with E-state index in [1.807, 2.05) is 6.07 Å². The Hall–Kier alpha value is -4.20. The monoisotopic (exact) mass is 435 g/mol. The molecule has 1 aromatic heterocycles. The molecule has 2 amide bonds. The number of aryl methyl sites for hydroxylation is 1. The van der Waals surface area contributed by atoms with Crippen LogP contribution in [0.4, 0.5) is 24.5 Å². The molecule has 4 rings (SSSR count). The molecule has 5 nitrogen and oxygen atoms in total. The van der Waals surface area contributed by atoms with E-state index in [0.29, 0.717) is 17.3 Å². The van der Waals surface area contributed by atoms with E-state index in [1.165, 1.54) is 6.07 Å². The lowest BCUT2D eigenvalue weighted by atomic mass is 10.1. The summed E-state index contributed by atoms with van der Waals surface area (Å²) in [5, 5.41) is 6.01. The van der Waals surface area contributed by atoms with E-state index in [2.05, 4.69) is 15.6 Å². The largest absolute Gasteiger partial charge is 0.322 e. The number of halogens is 3. The quantitative estimate of drug-likeness (QED) is 0.418. The zero-order valence-corrected chi connectivity index (χ0v) is 16.7. The van der Waals surface area contributed by atoms with Crippen molar-refractivity contribution in [1.29, 1.82) is 0 Å². The van der Waals surface area contributed by atoms with Crippen molar-refractivity contribution >= 4 is 34.1 Å². The second kappa shape index (κ2) is 8.50. The summed E-state index contributed by atoms with van der Waals surface area (Å²) in [5.41, 5.74) is 1.92. The number of carbonyl (C=O) groups excluding carboxylic acids is 2. The van der Waals surface area contributed by atoms with Crippen molar-refractivity contribution in [3.63, 3.8) is 0 Å². The number of carbonyl (C=O) groups is 2. The van der Waals surface area contributed by atoms with Gasteiger partial charge in [-0.2, -0.15) is 0 Å². The van der Waals surface area contributed by atoms with E-state index >= 15 is 0 Å². The van der Waals surface area contributed by atoms with Crippen LogP contribution >= 0.6 is 0 Å². The van der Waals surface area contributed by atoms with Crippen LogP contribution in [0, 0.1) is 24.4 Å². The van der Waals surface area contributed by atoms with E-state index in [0.717, 1.165) is 22.5 Å². The molecule has 0 radical (unpaired) electrons. The number of nitrogens with zero attached hydrogens (tertiary/aromatic N) is 1. The maximum Gasteiger partial charge on any atom is 0.258 e. The van der Waals surface area contributed by atoms with Gasteiger partial charge in [0.2, 0.25) is 0 Å². The molecule has 0 unspecified atom stereocenters. The molecule has 2 N–H and O–H groups in total. The number of hydrogen-bond donors (Lipinski definition) is 2. The van der Waals surface area contributed by atoms with E-state index in [1.54, 1.807) is 49.5 Å². The first kappa shape index (κ1) is 21.0. The van der Waals surface area contributed by atoms with Crippen molar-refractivity contribution in [3.05, 3.63) is 101 Å². The van der Waals surface area contributed by atoms with Crippen molar-refractivity contribution in [2.45, 2.75) is 6.92 Å². The third-order valence-corrected chi connectivity index (χ3v) is 4.89. The lowest BCUT2D eigenvalue weighted by Gasteiger charge is -2.12. The molecule has 0 saturated carbocycles. The minimum absolute atomic E-state index is 0.239. The van der Waals surface area contributed by atoms with Crippen molar-refractivity contribution in [1.82, 2.24) is 4.98 Å². The molecule has 8 heteroatoms. The SMILES string of the molecule is Cc1ccc(NC(=O)c2ccc(F)c(F)c2F)cc1NC(=O)c1ccc2ncccc2c1. The van der Waals surface area contributed by atoms with E-state index in [-0.39, 0.29) is 11.6 Å². The Morgan fingerprint density at radius 1 is 0.844 bits per heavy atom. The fourth-order valence-corrected chi connectivity index (χ4v) is 3.15. The summed E-state index contributed by atoms with van der Waals surface area (Å²) >= 11 is 0. The van der Waals surface area contributed by atoms with Gasteiger partial charge in [-0.1, -0.05) is 12.1 Å². The van der Waals surface area contributed by atoms with Crippen LogP contribution in [0.2, 0.25) is 0 Å². The first-order chi connectivity index (χ1) is 15.3. The average molecular weight is 435 g/mol. The molecule has 4 aromatic rings. The predicted octanol–water partition coefficient (Wildman–Crippen LogP) is 5.47. The Morgan fingerprint density at radius 2 is 1.66 bits per heavy atom. The van der Waals surface area contributed by atoms with Crippen LogP contribution in [0.3, 0.4) is 0 Å². The normalized spacial score (nSPS) is 10.8. The van der Waals surface area contributed by atoms with Crippen LogP contribution in [0.1, 0.15) is 26.3 Å². The van der Waals surface area contributed by atoms with Gasteiger partial charge < -0.3 is 10.6 Å². The number of benzene rings is 3. The van der Waals surface area contributed by atoms with Crippen molar-refractivity contribution in [2.24, 2.45) is 0 Å². The number of aromatic nitrogens is 1. The van der Waals surface area contributed by atoms with Gasteiger partial charge in [-0.25, -0.2) is 13.2 Å². The zero-order chi connectivity index (χ0) is 22.8. The van der Waals surface area contributed by atoms with Crippen LogP contribution in [0.15, 0.2) is 66.9 Å². The molecule has 0 aliphatic carbocycles. The number of hydrogen-bond acceptors (Lipinski definition) is 3. The summed E-state index contributed by atoms with van der Waals surface area (Å²) in [6, 6.07) is 14.9. The second-order valence-corrected chi connectivity index (χ2v) is 7.07. The summed E-state index contributed by atoms with van der Waals surface area (Å²) in [6.45, 7) is 1.76. The summed E-state index contributed by atoms with van der Waals surface area (Å²) in [4.78, 5) is 29.3. The van der Waals surface area contributed by atoms with Crippen LogP contribution in [-0.4, -0.2) is 16.8 Å². The molecule has 32 heavy (non-hydrogen) atoms. The number of nitrogens with one attached hydrogen (secondary N) is 2. The summed E-state index contributed by atoms with van der Waals surface area (Å²) in [7, 11) is 0. The van der Waals surface area contributed by atoms with Gasteiger partial charge in [-0.05, 0) is 61.0 Å². The molecule has 0 saturated heterocycles. The standard InChI is InChI=1S/C24H16F3N3O2/c1-13-4-6-16(29-24(32)17-7-8-18(25)22(27)21(17)26)12-20(13)30-23(31)15-5-9-19-14(11-15)3-2-10-28-19/h2-12H,1H3,(H,29,32)(H,30,31). The zero-order valence-electron chi connectivity index (χ0n) is 16.7. The Bertz CT molecular complexity index is 1370. The molecule has 160 valence electrons. The Morgan fingerprint density at radius 3 is 2.47 bits per heavy atom. The number of pyridine rings is 1. The van der Waals surface area contributed by atoms with Gasteiger partial charge in [-0.3, -0.25) is 14.6 Å². The molecule has 0 bridgehead atoms. The van der Waals surface area contributed by atoms with Gasteiger partial charge in [0.1, 0.15) is 0 Å². The first-order valence-electron chi connectivity index (χ1n) is 9.55. The smallest absolute Gasteiger partial charge is 0.258 e. The maximum atomic E-state index is 13.9. The molecule has 1 heterocycles. The number of amides is 2. The Kier molecular flexibility index (Phi) is 5.59. The van der Waals surface area contributed by atoms with Crippen LogP contribution in [-0.2, 0) is 0 Å². The molecule has 0 fully saturated rings. The van der Waals surface area contributed by atoms with Gasteiger partial charge in [0.15, 0.2) is 17.5 Å². The van der Waals surface area contributed by atoms with Crippen LogP contribution < -0.4 is 10.6 Å². The van der Waals surface area contributed by atoms with Crippen LogP contribution in [0.5, 0.6) is 0 Å². The second-order valence-electron chi connectivity index (χ2n) is 7.07. The van der Waals surface area contributed by atoms with Crippen molar-refractivity contribution in [2.75, 3.05) is 10.6 Å². The van der Waals surface area contributed by atoms with Crippen molar-refractivity contribution < 1.29 is 22.8 Å². The van der Waals surface area contributed by atoms with Crippen molar-refractivity contribution in [3.8, 4) is 0 Å².